The molecule has 2 aromatic carbocycles. The molecule has 2 aromatic rings. The lowest BCUT2D eigenvalue weighted by molar-refractivity contribution is -0.146. The second kappa shape index (κ2) is 14.4. The first-order valence-corrected chi connectivity index (χ1v) is 16.4. The lowest BCUT2D eigenvalue weighted by Gasteiger charge is -2.34. The predicted octanol–water partition coefficient (Wildman–Crippen LogP) is 6.10. The Labute approximate surface area is 273 Å². The minimum absolute atomic E-state index is 0.0219. The third kappa shape index (κ3) is 7.53. The van der Waals surface area contributed by atoms with E-state index in [1.165, 1.54) is 13.2 Å². The Balaban J connectivity index is 1.46. The summed E-state index contributed by atoms with van der Waals surface area (Å²) in [5.41, 5.74) is -1.39. The average molecular weight is 664 g/mol. The van der Waals surface area contributed by atoms with Crippen molar-refractivity contribution in [3.63, 3.8) is 0 Å². The number of alkyl halides is 4. The zero-order valence-corrected chi connectivity index (χ0v) is 27.3. The van der Waals surface area contributed by atoms with Crippen LogP contribution in [0.4, 0.5) is 23.2 Å². The number of rotatable bonds is 12. The standard InChI is InChI=1S/C35H45F4N3O5/c1-40(16-6-9-32(43)44)31-18-25(35(37,38)39)12-15-29(31)24-17-27(21-46-2)42(19-24)33(45)34(36)22-41(26-7-4-5-8-26)20-30(34)23-10-13-28(47-3)14-11-23/h10-15,18,24,26-27,30H,4-9,16-17,19-22H2,1-3H3,(H,43,44)/t24-,27+,30+,34+/m1/s1. The van der Waals surface area contributed by atoms with Crippen LogP contribution in [0, 0.1) is 0 Å². The molecule has 8 nitrogen and oxygen atoms in total. The van der Waals surface area contributed by atoms with Gasteiger partial charge in [0, 0.05) is 70.3 Å². The number of hydrogen-bond acceptors (Lipinski definition) is 6. The molecular weight excluding hydrogens is 618 g/mol. The van der Waals surface area contributed by atoms with Crippen LogP contribution in [-0.4, -0.2) is 98.6 Å². The number of carbonyl (C=O) groups is 2. The number of hydrogen-bond donors (Lipinski definition) is 1. The van der Waals surface area contributed by atoms with Crippen molar-refractivity contribution in [1.29, 1.82) is 0 Å². The molecule has 0 radical (unpaired) electrons. The Kier molecular flexibility index (Phi) is 10.7. The molecule has 1 amide bonds. The fourth-order valence-electron chi connectivity index (χ4n) is 7.78. The van der Waals surface area contributed by atoms with E-state index in [9.17, 15) is 22.8 Å². The van der Waals surface area contributed by atoms with Crippen LogP contribution in [0.25, 0.3) is 0 Å². The molecular formula is C35H45F4N3O5. The first-order chi connectivity index (χ1) is 22.3. The first-order valence-electron chi connectivity index (χ1n) is 16.4. The number of carboxylic acid groups (broad SMARTS) is 1. The van der Waals surface area contributed by atoms with Crippen LogP contribution >= 0.6 is 0 Å². The molecule has 2 heterocycles. The van der Waals surface area contributed by atoms with E-state index >= 15 is 4.39 Å². The van der Waals surface area contributed by atoms with Crippen molar-refractivity contribution in [2.75, 3.05) is 59.0 Å². The molecule has 1 N–H and O–H groups in total. The minimum atomic E-state index is -4.57. The lowest BCUT2D eigenvalue weighted by Crippen LogP contribution is -2.53. The van der Waals surface area contributed by atoms with Gasteiger partial charge in [-0.2, -0.15) is 13.2 Å². The van der Waals surface area contributed by atoms with Crippen LogP contribution in [0.3, 0.4) is 0 Å². The minimum Gasteiger partial charge on any atom is -0.497 e. The van der Waals surface area contributed by atoms with Crippen molar-refractivity contribution in [2.45, 2.75) is 80.7 Å². The Morgan fingerprint density at radius 2 is 1.77 bits per heavy atom. The van der Waals surface area contributed by atoms with Gasteiger partial charge in [0.2, 0.25) is 5.67 Å². The molecule has 2 aliphatic heterocycles. The highest BCUT2D eigenvalue weighted by Crippen LogP contribution is 2.46. The van der Waals surface area contributed by atoms with E-state index in [4.69, 9.17) is 14.6 Å². The summed E-state index contributed by atoms with van der Waals surface area (Å²) in [4.78, 5) is 30.9. The Morgan fingerprint density at radius 3 is 2.38 bits per heavy atom. The smallest absolute Gasteiger partial charge is 0.416 e. The molecule has 2 saturated heterocycles. The van der Waals surface area contributed by atoms with E-state index in [1.807, 2.05) is 12.1 Å². The number of nitrogens with zero attached hydrogens (tertiary/aromatic N) is 3. The maximum atomic E-state index is 17.6. The fourth-order valence-corrected chi connectivity index (χ4v) is 7.78. The van der Waals surface area contributed by atoms with E-state index in [0.717, 1.165) is 37.8 Å². The van der Waals surface area contributed by atoms with E-state index in [-0.39, 0.29) is 51.0 Å². The predicted molar refractivity (Wildman–Crippen MR) is 170 cm³/mol. The van der Waals surface area contributed by atoms with Crippen LogP contribution in [-0.2, 0) is 20.5 Å². The highest BCUT2D eigenvalue weighted by Gasteiger charge is 2.58. The molecule has 1 aliphatic carbocycles. The molecule has 12 heteroatoms. The zero-order chi connectivity index (χ0) is 33.9. The van der Waals surface area contributed by atoms with E-state index in [0.29, 0.717) is 35.5 Å². The lowest BCUT2D eigenvalue weighted by atomic mass is 9.85. The Morgan fingerprint density at radius 1 is 1.06 bits per heavy atom. The van der Waals surface area contributed by atoms with Gasteiger partial charge in [-0.25, -0.2) is 4.39 Å². The fraction of sp³-hybridized carbons (Fsp3) is 0.600. The summed E-state index contributed by atoms with van der Waals surface area (Å²) in [6.45, 7) is 0.897. The number of carboxylic acids is 1. The molecule has 4 atom stereocenters. The molecule has 5 rings (SSSR count). The number of aliphatic carboxylic acids is 1. The van der Waals surface area contributed by atoms with Gasteiger partial charge in [0.1, 0.15) is 5.75 Å². The van der Waals surface area contributed by atoms with Gasteiger partial charge >= 0.3 is 12.1 Å². The van der Waals surface area contributed by atoms with Crippen molar-refractivity contribution in [3.8, 4) is 5.75 Å². The molecule has 3 fully saturated rings. The van der Waals surface area contributed by atoms with Gasteiger partial charge in [-0.3, -0.25) is 14.5 Å². The van der Waals surface area contributed by atoms with Gasteiger partial charge in [0.05, 0.1) is 25.3 Å². The topological polar surface area (TPSA) is 82.5 Å². The van der Waals surface area contributed by atoms with Crippen LogP contribution < -0.4 is 9.64 Å². The molecule has 0 spiro atoms. The summed E-state index contributed by atoms with van der Waals surface area (Å²) in [5.74, 6) is -2.05. The number of halogens is 4. The van der Waals surface area contributed by atoms with Crippen LogP contribution in [0.5, 0.6) is 5.75 Å². The monoisotopic (exact) mass is 663 g/mol. The normalized spacial score (nSPS) is 25.4. The van der Waals surface area contributed by atoms with Gasteiger partial charge in [-0.1, -0.05) is 31.0 Å². The third-order valence-electron chi connectivity index (χ3n) is 10.2. The van der Waals surface area contributed by atoms with Gasteiger partial charge in [0.15, 0.2) is 0 Å². The molecule has 258 valence electrons. The second-order valence-electron chi connectivity index (χ2n) is 13.2. The molecule has 0 unspecified atom stereocenters. The molecule has 3 aliphatic rings. The maximum absolute atomic E-state index is 17.6. The second-order valence-corrected chi connectivity index (χ2v) is 13.2. The van der Waals surface area contributed by atoms with Crippen molar-refractivity contribution in [3.05, 3.63) is 59.2 Å². The number of benzene rings is 2. The SMILES string of the molecule is COC[C@@H]1C[C@@H](c2ccc(C(F)(F)F)cc2N(C)CCCC(=O)O)CN1C(=O)[C@]1(F)CN(C2CCCC2)C[C@H]1c1ccc(OC)cc1. The third-order valence-corrected chi connectivity index (χ3v) is 10.2. The highest BCUT2D eigenvalue weighted by atomic mass is 19.4. The number of likely N-dealkylation sites (tertiary alicyclic amines) is 2. The number of methoxy groups -OCH3 is 2. The first kappa shape index (κ1) is 34.9. The van der Waals surface area contributed by atoms with Gasteiger partial charge < -0.3 is 24.4 Å². The van der Waals surface area contributed by atoms with Crippen LogP contribution in [0.1, 0.15) is 73.5 Å². The summed E-state index contributed by atoms with van der Waals surface area (Å²) in [5, 5.41) is 9.08. The largest absolute Gasteiger partial charge is 0.497 e. The van der Waals surface area contributed by atoms with Gasteiger partial charge in [-0.15, -0.1) is 0 Å². The highest BCUT2D eigenvalue weighted by molar-refractivity contribution is 5.88. The molecule has 1 saturated carbocycles. The summed E-state index contributed by atoms with van der Waals surface area (Å²) >= 11 is 0. The zero-order valence-electron chi connectivity index (χ0n) is 27.3. The maximum Gasteiger partial charge on any atom is 0.416 e. The quantitative estimate of drug-likeness (QED) is 0.275. The summed E-state index contributed by atoms with van der Waals surface area (Å²) < 4.78 is 69.8. The average Bonchev–Trinajstić information content (AvgIpc) is 3.80. The molecule has 47 heavy (non-hydrogen) atoms. The Hall–Kier alpha value is -3.38. The van der Waals surface area contributed by atoms with Crippen molar-refractivity contribution in [2.24, 2.45) is 0 Å². The van der Waals surface area contributed by atoms with Gasteiger partial charge in [0.25, 0.3) is 5.91 Å². The number of ether oxygens (including phenoxy) is 2. The summed E-state index contributed by atoms with van der Waals surface area (Å²) in [7, 11) is 4.71. The van der Waals surface area contributed by atoms with Crippen molar-refractivity contribution in [1.82, 2.24) is 9.80 Å². The molecule has 0 bridgehead atoms. The van der Waals surface area contributed by atoms with Gasteiger partial charge in [-0.05, 0) is 61.1 Å². The number of amides is 1. The van der Waals surface area contributed by atoms with Crippen molar-refractivity contribution < 1.29 is 41.7 Å². The van der Waals surface area contributed by atoms with Crippen LogP contribution in [0.15, 0.2) is 42.5 Å². The number of carbonyl (C=O) groups excluding carboxylic acids is 1. The van der Waals surface area contributed by atoms with Crippen LogP contribution in [0.2, 0.25) is 0 Å². The van der Waals surface area contributed by atoms with E-state index in [1.54, 1.807) is 36.1 Å². The molecule has 0 aromatic heterocycles. The van der Waals surface area contributed by atoms with E-state index < -0.39 is 41.2 Å². The number of anilines is 1. The summed E-state index contributed by atoms with van der Waals surface area (Å²) in [6, 6.07) is 10.5. The summed E-state index contributed by atoms with van der Waals surface area (Å²) in [6.07, 6.45) is 0.0241. The Bertz CT molecular complexity index is 1400. The van der Waals surface area contributed by atoms with E-state index in [2.05, 4.69) is 4.90 Å². The van der Waals surface area contributed by atoms with Crippen molar-refractivity contribution >= 4 is 17.6 Å².